The highest BCUT2D eigenvalue weighted by molar-refractivity contribution is 5.99. The van der Waals surface area contributed by atoms with Crippen LogP contribution in [0.2, 0.25) is 0 Å². The Balaban J connectivity index is 1.32. The number of ether oxygens (including phenoxy) is 1. The van der Waals surface area contributed by atoms with Gasteiger partial charge in [0.15, 0.2) is 6.61 Å². The lowest BCUT2D eigenvalue weighted by Gasteiger charge is -2.30. The van der Waals surface area contributed by atoms with E-state index in [1.807, 2.05) is 107 Å². The van der Waals surface area contributed by atoms with Crippen LogP contribution in [-0.2, 0) is 22.4 Å². The summed E-state index contributed by atoms with van der Waals surface area (Å²) in [5, 5.41) is 31.4. The van der Waals surface area contributed by atoms with E-state index >= 15 is 0 Å². The molecule has 5 aromatic rings. The predicted molar refractivity (Wildman–Crippen MR) is 196 cm³/mol. The van der Waals surface area contributed by atoms with Crippen LogP contribution in [-0.4, -0.2) is 69.1 Å². The fourth-order valence-electron chi connectivity index (χ4n) is 6.14. The van der Waals surface area contributed by atoms with Crippen LogP contribution in [0.5, 0.6) is 5.75 Å². The first-order valence-corrected chi connectivity index (χ1v) is 17.2. The summed E-state index contributed by atoms with van der Waals surface area (Å²) in [4.78, 5) is 40.5. The minimum absolute atomic E-state index is 0.137. The van der Waals surface area contributed by atoms with Crippen molar-refractivity contribution in [1.29, 1.82) is 0 Å². The molecule has 266 valence electrons. The Morgan fingerprint density at radius 2 is 1.39 bits per heavy atom. The number of carbonyl (C=O) groups is 3. The molecule has 5 N–H and O–H groups in total. The molecule has 0 aliphatic carbocycles. The Labute approximate surface area is 298 Å². The molecule has 0 aliphatic heterocycles. The van der Waals surface area contributed by atoms with Crippen molar-refractivity contribution in [2.75, 3.05) is 6.61 Å². The van der Waals surface area contributed by atoms with Crippen LogP contribution < -0.4 is 20.7 Å². The largest absolute Gasteiger partial charge is 0.483 e. The molecule has 1 aromatic heterocycles. The van der Waals surface area contributed by atoms with Crippen LogP contribution in [0.3, 0.4) is 0 Å². The van der Waals surface area contributed by atoms with E-state index < -0.39 is 30.1 Å². The molecule has 0 fully saturated rings. The molecule has 4 aromatic carbocycles. The quantitative estimate of drug-likeness (QED) is 0.101. The topological polar surface area (TPSA) is 158 Å². The number of hydrogen-bond donors (Lipinski definition) is 5. The van der Waals surface area contributed by atoms with Gasteiger partial charge in [0, 0.05) is 11.6 Å². The number of aliphatic hydroxyl groups is 1. The number of aromatic nitrogens is 3. The summed E-state index contributed by atoms with van der Waals surface area (Å²) in [6, 6.07) is 28.0. The first-order valence-electron chi connectivity index (χ1n) is 17.2. The van der Waals surface area contributed by atoms with Crippen LogP contribution in [0.4, 0.5) is 0 Å². The van der Waals surface area contributed by atoms with E-state index in [1.165, 1.54) is 0 Å². The Kier molecular flexibility index (Phi) is 12.5. The van der Waals surface area contributed by atoms with Gasteiger partial charge in [-0.15, -0.1) is 0 Å². The van der Waals surface area contributed by atoms with E-state index in [4.69, 9.17) is 4.74 Å². The van der Waals surface area contributed by atoms with Gasteiger partial charge in [0.25, 0.3) is 11.8 Å². The third-order valence-corrected chi connectivity index (χ3v) is 8.88. The van der Waals surface area contributed by atoms with E-state index in [2.05, 4.69) is 31.4 Å². The molecule has 5 rings (SSSR count). The maximum absolute atomic E-state index is 13.9. The van der Waals surface area contributed by atoms with Crippen LogP contribution in [0.15, 0.2) is 97.1 Å². The smallest absolute Gasteiger partial charge is 0.258 e. The number of para-hydroxylation sites is 1. The summed E-state index contributed by atoms with van der Waals surface area (Å²) in [5.41, 5.74) is 5.28. The second kappa shape index (κ2) is 17.4. The minimum atomic E-state index is -1.04. The van der Waals surface area contributed by atoms with Gasteiger partial charge in [-0.1, -0.05) is 92.7 Å². The second-order valence-corrected chi connectivity index (χ2v) is 13.3. The van der Waals surface area contributed by atoms with Crippen LogP contribution in [0.25, 0.3) is 11.0 Å². The Morgan fingerprint density at radius 1 is 0.765 bits per heavy atom. The van der Waals surface area contributed by atoms with E-state index in [9.17, 15) is 19.5 Å². The standard InChI is InChI=1S/C40H46N6O5/c1-25(2)37(43-39(49)30-18-19-32-33(22-30)45-46-44-32)40(50)41-31(20-28-14-7-5-8-15-28)23-35(47)34(21-29-16-9-6-10-17-29)42-36(48)24-51-38-26(3)12-11-13-27(38)4/h5-19,22,25,31,34-35,37,47H,20-21,23-24H2,1-4H3,(H,41,50)(H,42,48)(H,43,49)(H,44,45,46)/t31-,34-,35-,37-/m0/s1. The van der Waals surface area contributed by atoms with Crippen molar-refractivity contribution in [3.63, 3.8) is 0 Å². The monoisotopic (exact) mass is 690 g/mol. The number of fused-ring (bicyclic) bond motifs is 1. The number of nitrogens with one attached hydrogen (secondary N) is 4. The normalized spacial score (nSPS) is 13.6. The number of carbonyl (C=O) groups excluding carboxylic acids is 3. The number of H-pyrrole nitrogens is 1. The summed E-state index contributed by atoms with van der Waals surface area (Å²) >= 11 is 0. The Morgan fingerprint density at radius 3 is 2.04 bits per heavy atom. The summed E-state index contributed by atoms with van der Waals surface area (Å²) < 4.78 is 5.91. The van der Waals surface area contributed by atoms with Crippen LogP contribution in [0, 0.1) is 19.8 Å². The molecule has 0 aliphatic rings. The fourth-order valence-corrected chi connectivity index (χ4v) is 6.14. The zero-order valence-corrected chi connectivity index (χ0v) is 29.4. The Hall–Kier alpha value is -5.55. The van der Waals surface area contributed by atoms with E-state index in [-0.39, 0.29) is 30.8 Å². The molecular formula is C40H46N6O5. The molecular weight excluding hydrogens is 644 g/mol. The molecule has 0 bridgehead atoms. The minimum Gasteiger partial charge on any atom is -0.483 e. The van der Waals surface area contributed by atoms with E-state index in [1.54, 1.807) is 18.2 Å². The first-order chi connectivity index (χ1) is 24.6. The summed E-state index contributed by atoms with van der Waals surface area (Å²) in [7, 11) is 0. The molecule has 4 atom stereocenters. The molecule has 1 heterocycles. The maximum Gasteiger partial charge on any atom is 0.258 e. The number of hydrogen-bond acceptors (Lipinski definition) is 7. The average Bonchev–Trinajstić information content (AvgIpc) is 3.59. The second-order valence-electron chi connectivity index (χ2n) is 13.3. The van der Waals surface area contributed by atoms with Crippen LogP contribution >= 0.6 is 0 Å². The van der Waals surface area contributed by atoms with Crippen molar-refractivity contribution >= 4 is 28.8 Å². The maximum atomic E-state index is 13.9. The zero-order valence-electron chi connectivity index (χ0n) is 29.4. The highest BCUT2D eigenvalue weighted by atomic mass is 16.5. The zero-order chi connectivity index (χ0) is 36.3. The van der Waals surface area contributed by atoms with Gasteiger partial charge >= 0.3 is 0 Å². The number of aliphatic hydroxyl groups excluding tert-OH is 1. The van der Waals surface area contributed by atoms with Gasteiger partial charge in [-0.05, 0) is 79.5 Å². The van der Waals surface area contributed by atoms with Crippen LogP contribution in [0.1, 0.15) is 52.9 Å². The highest BCUT2D eigenvalue weighted by Crippen LogP contribution is 2.22. The van der Waals surface area contributed by atoms with Gasteiger partial charge in [0.1, 0.15) is 22.8 Å². The third-order valence-electron chi connectivity index (χ3n) is 8.88. The molecule has 0 unspecified atom stereocenters. The summed E-state index contributed by atoms with van der Waals surface area (Å²) in [6.07, 6.45) is -0.112. The van der Waals surface area contributed by atoms with E-state index in [0.717, 1.165) is 22.3 Å². The number of nitrogens with zero attached hydrogens (tertiary/aromatic N) is 2. The van der Waals surface area contributed by atoms with Gasteiger partial charge in [0.2, 0.25) is 5.91 Å². The average molecular weight is 691 g/mol. The lowest BCUT2D eigenvalue weighted by Crippen LogP contribution is -2.54. The molecule has 51 heavy (non-hydrogen) atoms. The molecule has 11 heteroatoms. The number of aromatic amines is 1. The highest BCUT2D eigenvalue weighted by Gasteiger charge is 2.30. The lowest BCUT2D eigenvalue weighted by atomic mass is 9.93. The van der Waals surface area contributed by atoms with Gasteiger partial charge in [-0.25, -0.2) is 0 Å². The van der Waals surface area contributed by atoms with Crippen molar-refractivity contribution in [2.24, 2.45) is 5.92 Å². The predicted octanol–water partition coefficient (Wildman–Crippen LogP) is 4.61. The van der Waals surface area contributed by atoms with Gasteiger partial charge in [0.05, 0.1) is 12.1 Å². The number of benzene rings is 4. The number of rotatable bonds is 16. The summed E-state index contributed by atoms with van der Waals surface area (Å²) in [5.74, 6) is -0.743. The Bertz CT molecular complexity index is 1890. The van der Waals surface area contributed by atoms with E-state index in [0.29, 0.717) is 35.2 Å². The molecule has 0 saturated heterocycles. The molecule has 0 saturated carbocycles. The third kappa shape index (κ3) is 10.2. The van der Waals surface area contributed by atoms with Gasteiger partial charge in [-0.3, -0.25) is 14.4 Å². The van der Waals surface area contributed by atoms with Crippen molar-refractivity contribution in [1.82, 2.24) is 31.4 Å². The van der Waals surface area contributed by atoms with Crippen molar-refractivity contribution < 1.29 is 24.2 Å². The number of amides is 3. The first kappa shape index (κ1) is 36.7. The van der Waals surface area contributed by atoms with Crippen molar-refractivity contribution in [3.05, 3.63) is 125 Å². The SMILES string of the molecule is Cc1cccc(C)c1OCC(=O)N[C@@H](Cc1ccccc1)[C@@H](O)C[C@H](Cc1ccccc1)NC(=O)[C@@H](NC(=O)c1ccc2n[nH]nc2c1)C(C)C. The fraction of sp³-hybridized carbons (Fsp3) is 0.325. The summed E-state index contributed by atoms with van der Waals surface area (Å²) in [6.45, 7) is 7.36. The van der Waals surface area contributed by atoms with Crippen molar-refractivity contribution in [3.8, 4) is 5.75 Å². The molecule has 0 spiro atoms. The number of aryl methyl sites for hydroxylation is 2. The van der Waals surface area contributed by atoms with Gasteiger partial charge < -0.3 is 25.8 Å². The molecule has 3 amide bonds. The molecule has 0 radical (unpaired) electrons. The molecule has 11 nitrogen and oxygen atoms in total. The van der Waals surface area contributed by atoms with Gasteiger partial charge in [-0.2, -0.15) is 15.4 Å². The van der Waals surface area contributed by atoms with Crippen molar-refractivity contribution in [2.45, 2.75) is 71.2 Å². The lowest BCUT2D eigenvalue weighted by molar-refractivity contribution is -0.126.